The molecule has 1 saturated heterocycles. The number of methoxy groups -OCH3 is 1. The van der Waals surface area contributed by atoms with E-state index in [1.54, 1.807) is 7.11 Å². The van der Waals surface area contributed by atoms with E-state index >= 15 is 0 Å². The fraction of sp³-hybridized carbons (Fsp3) is 0.917. The zero-order valence-corrected chi connectivity index (χ0v) is 11.1. The molecule has 17 heavy (non-hydrogen) atoms. The fourth-order valence-corrected chi connectivity index (χ4v) is 1.81. The molecular formula is C12H23NO4. The summed E-state index contributed by atoms with van der Waals surface area (Å²) in [6, 6.07) is 0. The molecule has 0 aliphatic carbocycles. The Bertz CT molecular complexity index is 249. The van der Waals surface area contributed by atoms with Gasteiger partial charge in [0.05, 0.1) is 12.7 Å². The largest absolute Gasteiger partial charge is 0.444 e. The van der Waals surface area contributed by atoms with Gasteiger partial charge < -0.3 is 19.5 Å². The van der Waals surface area contributed by atoms with Crippen molar-refractivity contribution in [3.63, 3.8) is 0 Å². The molecule has 1 heterocycles. The molecule has 1 aliphatic heterocycles. The minimum atomic E-state index is -0.464. The number of amides is 1. The third-order valence-corrected chi connectivity index (χ3v) is 2.61. The second kappa shape index (κ2) is 6.21. The van der Waals surface area contributed by atoms with Crippen molar-refractivity contribution < 1.29 is 19.0 Å². The van der Waals surface area contributed by atoms with Crippen molar-refractivity contribution in [2.24, 2.45) is 5.92 Å². The highest BCUT2D eigenvalue weighted by Gasteiger charge is 2.26. The summed E-state index contributed by atoms with van der Waals surface area (Å²) in [7, 11) is 1.69. The number of rotatable bonds is 3. The SMILES string of the molecule is COC1CCOCC1CNC(=O)OC(C)(C)C. The summed E-state index contributed by atoms with van der Waals surface area (Å²) in [6.45, 7) is 7.39. The van der Waals surface area contributed by atoms with Gasteiger partial charge in [-0.1, -0.05) is 0 Å². The third kappa shape index (κ3) is 5.37. The quantitative estimate of drug-likeness (QED) is 0.820. The Morgan fingerprint density at radius 3 is 2.76 bits per heavy atom. The van der Waals surface area contributed by atoms with Gasteiger partial charge in [0.25, 0.3) is 0 Å². The summed E-state index contributed by atoms with van der Waals surface area (Å²) in [5.41, 5.74) is -0.464. The van der Waals surface area contributed by atoms with Crippen LogP contribution < -0.4 is 5.32 Å². The van der Waals surface area contributed by atoms with E-state index in [4.69, 9.17) is 14.2 Å². The normalized spacial score (nSPS) is 25.4. The van der Waals surface area contributed by atoms with Crippen LogP contribution in [0.3, 0.4) is 0 Å². The van der Waals surface area contributed by atoms with E-state index in [0.717, 1.165) is 13.0 Å². The van der Waals surface area contributed by atoms with Crippen LogP contribution in [-0.2, 0) is 14.2 Å². The lowest BCUT2D eigenvalue weighted by Gasteiger charge is -2.30. The highest BCUT2D eigenvalue weighted by Crippen LogP contribution is 2.17. The molecular weight excluding hydrogens is 222 g/mol. The van der Waals surface area contributed by atoms with Crippen LogP contribution in [0.5, 0.6) is 0 Å². The monoisotopic (exact) mass is 245 g/mol. The van der Waals surface area contributed by atoms with E-state index in [0.29, 0.717) is 13.2 Å². The van der Waals surface area contributed by atoms with E-state index < -0.39 is 11.7 Å². The van der Waals surface area contributed by atoms with Crippen LogP contribution in [0, 0.1) is 5.92 Å². The molecule has 1 aliphatic rings. The predicted octanol–water partition coefficient (Wildman–Crippen LogP) is 1.56. The van der Waals surface area contributed by atoms with Crippen molar-refractivity contribution in [1.29, 1.82) is 0 Å². The Kier molecular flexibility index (Phi) is 5.21. The van der Waals surface area contributed by atoms with Crippen LogP contribution in [0.15, 0.2) is 0 Å². The molecule has 0 saturated carbocycles. The molecule has 2 atom stereocenters. The van der Waals surface area contributed by atoms with Gasteiger partial charge in [-0.15, -0.1) is 0 Å². The van der Waals surface area contributed by atoms with Gasteiger partial charge in [-0.2, -0.15) is 0 Å². The summed E-state index contributed by atoms with van der Waals surface area (Å²) in [4.78, 5) is 11.5. The maximum absolute atomic E-state index is 11.5. The van der Waals surface area contributed by atoms with Gasteiger partial charge in [-0.05, 0) is 27.2 Å². The van der Waals surface area contributed by atoms with E-state index in [2.05, 4.69) is 5.32 Å². The Hall–Kier alpha value is -0.810. The average Bonchev–Trinajstić information content (AvgIpc) is 2.24. The lowest BCUT2D eigenvalue weighted by Crippen LogP contribution is -2.43. The second-order valence-corrected chi connectivity index (χ2v) is 5.28. The summed E-state index contributed by atoms with van der Waals surface area (Å²) >= 11 is 0. The van der Waals surface area contributed by atoms with Crippen molar-refractivity contribution in [3.05, 3.63) is 0 Å². The molecule has 0 radical (unpaired) electrons. The first-order valence-electron chi connectivity index (χ1n) is 6.00. The Morgan fingerprint density at radius 2 is 2.18 bits per heavy atom. The van der Waals surface area contributed by atoms with Crippen LogP contribution >= 0.6 is 0 Å². The number of carbonyl (C=O) groups excluding carboxylic acids is 1. The van der Waals surface area contributed by atoms with E-state index in [9.17, 15) is 4.79 Å². The third-order valence-electron chi connectivity index (χ3n) is 2.61. The molecule has 5 nitrogen and oxygen atoms in total. The highest BCUT2D eigenvalue weighted by molar-refractivity contribution is 5.67. The first-order chi connectivity index (χ1) is 7.92. The second-order valence-electron chi connectivity index (χ2n) is 5.28. The van der Waals surface area contributed by atoms with Crippen LogP contribution in [-0.4, -0.2) is 44.7 Å². The topological polar surface area (TPSA) is 56.8 Å². The molecule has 0 bridgehead atoms. The molecule has 1 rings (SSSR count). The van der Waals surface area contributed by atoms with Gasteiger partial charge in [0.2, 0.25) is 0 Å². The standard InChI is InChI=1S/C12H23NO4/c1-12(2,3)17-11(14)13-7-9-8-16-6-5-10(9)15-4/h9-10H,5-8H2,1-4H3,(H,13,14). The summed E-state index contributed by atoms with van der Waals surface area (Å²) in [5.74, 6) is 0.196. The van der Waals surface area contributed by atoms with Crippen molar-refractivity contribution in [3.8, 4) is 0 Å². The Labute approximate surface area is 103 Å². The van der Waals surface area contributed by atoms with Crippen molar-refractivity contribution >= 4 is 6.09 Å². The lowest BCUT2D eigenvalue weighted by molar-refractivity contribution is -0.0553. The van der Waals surface area contributed by atoms with Gasteiger partial charge in [0, 0.05) is 26.2 Å². The van der Waals surface area contributed by atoms with E-state index in [-0.39, 0.29) is 12.0 Å². The van der Waals surface area contributed by atoms with Gasteiger partial charge in [0.1, 0.15) is 5.60 Å². The van der Waals surface area contributed by atoms with Gasteiger partial charge >= 0.3 is 6.09 Å². The Balaban J connectivity index is 2.31. The van der Waals surface area contributed by atoms with Crippen LogP contribution in [0.2, 0.25) is 0 Å². The van der Waals surface area contributed by atoms with Crippen molar-refractivity contribution in [1.82, 2.24) is 5.32 Å². The fourth-order valence-electron chi connectivity index (χ4n) is 1.81. The molecule has 0 spiro atoms. The van der Waals surface area contributed by atoms with Crippen LogP contribution in [0.4, 0.5) is 4.79 Å². The molecule has 0 aromatic carbocycles. The molecule has 1 amide bonds. The molecule has 0 aromatic rings. The van der Waals surface area contributed by atoms with Gasteiger partial charge in [0.15, 0.2) is 0 Å². The smallest absolute Gasteiger partial charge is 0.407 e. The predicted molar refractivity (Wildman–Crippen MR) is 64.0 cm³/mol. The van der Waals surface area contributed by atoms with Crippen LogP contribution in [0.25, 0.3) is 0 Å². The zero-order chi connectivity index (χ0) is 12.9. The number of ether oxygens (including phenoxy) is 3. The first-order valence-corrected chi connectivity index (χ1v) is 6.00. The summed E-state index contributed by atoms with van der Waals surface area (Å²) in [6.07, 6.45) is 0.633. The van der Waals surface area contributed by atoms with E-state index in [1.165, 1.54) is 0 Å². The summed E-state index contributed by atoms with van der Waals surface area (Å²) < 4.78 is 15.9. The van der Waals surface area contributed by atoms with Crippen molar-refractivity contribution in [2.45, 2.75) is 38.9 Å². The van der Waals surface area contributed by atoms with Crippen LogP contribution in [0.1, 0.15) is 27.2 Å². The number of hydrogen-bond acceptors (Lipinski definition) is 4. The lowest BCUT2D eigenvalue weighted by atomic mass is 9.98. The highest BCUT2D eigenvalue weighted by atomic mass is 16.6. The van der Waals surface area contributed by atoms with Crippen molar-refractivity contribution in [2.75, 3.05) is 26.9 Å². The molecule has 1 fully saturated rings. The minimum Gasteiger partial charge on any atom is -0.444 e. The molecule has 100 valence electrons. The molecule has 2 unspecified atom stereocenters. The van der Waals surface area contributed by atoms with Gasteiger partial charge in [-0.25, -0.2) is 4.79 Å². The van der Waals surface area contributed by atoms with E-state index in [1.807, 2.05) is 20.8 Å². The minimum absolute atomic E-state index is 0.152. The number of hydrogen-bond donors (Lipinski definition) is 1. The Morgan fingerprint density at radius 1 is 1.47 bits per heavy atom. The average molecular weight is 245 g/mol. The maximum Gasteiger partial charge on any atom is 0.407 e. The summed E-state index contributed by atoms with van der Waals surface area (Å²) in [5, 5.41) is 2.75. The number of alkyl carbamates (subject to hydrolysis) is 1. The molecule has 0 aromatic heterocycles. The van der Waals surface area contributed by atoms with Gasteiger partial charge in [-0.3, -0.25) is 0 Å². The number of carbonyl (C=O) groups is 1. The molecule has 5 heteroatoms. The maximum atomic E-state index is 11.5. The number of nitrogens with one attached hydrogen (secondary N) is 1. The molecule has 1 N–H and O–H groups in total. The zero-order valence-electron chi connectivity index (χ0n) is 11.1. The first kappa shape index (κ1) is 14.3.